The Balaban J connectivity index is 1.50. The number of benzene rings is 2. The van der Waals surface area contributed by atoms with Gasteiger partial charge in [-0.2, -0.15) is 23.3 Å². The van der Waals surface area contributed by atoms with Crippen LogP contribution in [0.15, 0.2) is 52.5 Å². The SMILES string of the molecule is CN(C)CC1(O)CCN(C2=NC(=O)C(=C(Cc3ccc(Cl)cc3C(F)(F)F)c3ccc4[nH]ncc4c3)S2)CC1. The van der Waals surface area contributed by atoms with Gasteiger partial charge in [-0.25, -0.2) is 0 Å². The molecule has 2 aromatic carbocycles. The summed E-state index contributed by atoms with van der Waals surface area (Å²) in [6.45, 7) is 1.57. The first-order valence-electron chi connectivity index (χ1n) is 12.4. The highest BCUT2D eigenvalue weighted by Crippen LogP contribution is 2.41. The zero-order chi connectivity index (χ0) is 27.9. The van der Waals surface area contributed by atoms with Gasteiger partial charge in [0.1, 0.15) is 0 Å². The van der Waals surface area contributed by atoms with Crippen LogP contribution in [0.2, 0.25) is 5.02 Å². The van der Waals surface area contributed by atoms with E-state index >= 15 is 0 Å². The van der Waals surface area contributed by atoms with E-state index in [1.807, 2.05) is 23.9 Å². The number of hydrogen-bond acceptors (Lipinski definition) is 6. The number of fused-ring (bicyclic) bond motifs is 1. The minimum Gasteiger partial charge on any atom is -0.388 e. The van der Waals surface area contributed by atoms with E-state index in [0.717, 1.165) is 17.0 Å². The van der Waals surface area contributed by atoms with Gasteiger partial charge in [0.05, 0.1) is 27.8 Å². The Morgan fingerprint density at radius 1 is 1.21 bits per heavy atom. The first-order valence-corrected chi connectivity index (χ1v) is 13.6. The van der Waals surface area contributed by atoms with Crippen molar-refractivity contribution < 1.29 is 23.1 Å². The molecule has 0 atom stereocenters. The number of likely N-dealkylation sites (N-methyl/N-ethyl adjacent to an activating group) is 1. The monoisotopic (exact) mass is 577 g/mol. The summed E-state index contributed by atoms with van der Waals surface area (Å²) in [5.41, 5.74) is 0.173. The van der Waals surface area contributed by atoms with Crippen molar-refractivity contribution in [3.05, 3.63) is 69.2 Å². The Bertz CT molecular complexity index is 1480. The Hall–Kier alpha value is -2.86. The molecule has 0 saturated carbocycles. The molecule has 0 radical (unpaired) electrons. The molecule has 1 saturated heterocycles. The molecule has 2 aliphatic rings. The molecule has 1 fully saturated rings. The number of carbonyl (C=O) groups excluding carboxylic acids is 1. The van der Waals surface area contributed by atoms with E-state index in [0.29, 0.717) is 48.8 Å². The lowest BCUT2D eigenvalue weighted by atomic mass is 9.91. The standard InChI is InChI=1S/C27H27ClF3N5O2S/c1-35(2)15-26(38)7-9-36(10-8-26)25-33-24(37)23(39-25)20(16-4-6-22-18(11-16)14-32-34-22)12-17-3-5-19(28)13-21(17)27(29,30)31/h3-6,11,13-14,38H,7-10,12,15H2,1-2H3,(H,32,34). The van der Waals surface area contributed by atoms with Gasteiger partial charge in [0, 0.05) is 30.0 Å². The number of aliphatic imine (C=N–C) groups is 1. The maximum absolute atomic E-state index is 13.9. The highest BCUT2D eigenvalue weighted by molar-refractivity contribution is 8.18. The molecule has 1 amide bonds. The van der Waals surface area contributed by atoms with Gasteiger partial charge >= 0.3 is 6.18 Å². The van der Waals surface area contributed by atoms with Gasteiger partial charge in [-0.15, -0.1) is 0 Å². The van der Waals surface area contributed by atoms with Crippen LogP contribution in [0.25, 0.3) is 16.5 Å². The molecule has 0 bridgehead atoms. The van der Waals surface area contributed by atoms with E-state index < -0.39 is 23.2 Å². The number of nitrogens with one attached hydrogen (secondary N) is 1. The van der Waals surface area contributed by atoms with Gasteiger partial charge < -0.3 is 14.9 Å². The van der Waals surface area contributed by atoms with Crippen LogP contribution in [-0.2, 0) is 17.4 Å². The number of allylic oxidation sites excluding steroid dienone is 1. The largest absolute Gasteiger partial charge is 0.416 e. The maximum atomic E-state index is 13.9. The summed E-state index contributed by atoms with van der Waals surface area (Å²) in [5, 5.41) is 19.0. The molecule has 0 unspecified atom stereocenters. The fourth-order valence-corrected chi connectivity index (χ4v) is 6.32. The van der Waals surface area contributed by atoms with Crippen molar-refractivity contribution in [2.45, 2.75) is 31.0 Å². The van der Waals surface area contributed by atoms with Gasteiger partial charge in [-0.1, -0.05) is 23.7 Å². The van der Waals surface area contributed by atoms with E-state index in [9.17, 15) is 23.1 Å². The first-order chi connectivity index (χ1) is 18.4. The van der Waals surface area contributed by atoms with E-state index in [2.05, 4.69) is 15.2 Å². The van der Waals surface area contributed by atoms with Crippen molar-refractivity contribution in [2.75, 3.05) is 33.7 Å². The number of likely N-dealkylation sites (tertiary alicyclic amines) is 1. The van der Waals surface area contributed by atoms with Crippen molar-refractivity contribution in [3.63, 3.8) is 0 Å². The number of hydrogen-bond donors (Lipinski definition) is 2. The summed E-state index contributed by atoms with van der Waals surface area (Å²) in [4.78, 5) is 21.7. The van der Waals surface area contributed by atoms with E-state index in [1.54, 1.807) is 24.4 Å². The Morgan fingerprint density at radius 3 is 2.64 bits per heavy atom. The van der Waals surface area contributed by atoms with E-state index in [4.69, 9.17) is 11.6 Å². The Kier molecular flexibility index (Phi) is 7.53. The molecule has 2 aliphatic heterocycles. The van der Waals surface area contributed by atoms with Crippen LogP contribution in [-0.4, -0.2) is 75.5 Å². The topological polar surface area (TPSA) is 84.8 Å². The number of rotatable bonds is 5. The second-order valence-corrected chi connectivity index (χ2v) is 11.6. The van der Waals surface area contributed by atoms with Gasteiger partial charge in [-0.05, 0) is 86.1 Å². The molecule has 7 nitrogen and oxygen atoms in total. The second-order valence-electron chi connectivity index (χ2n) is 10.2. The van der Waals surface area contributed by atoms with Crippen molar-refractivity contribution in [2.24, 2.45) is 4.99 Å². The minimum atomic E-state index is -4.61. The van der Waals surface area contributed by atoms with E-state index in [-0.39, 0.29) is 21.9 Å². The number of aliphatic hydroxyl groups is 1. The van der Waals surface area contributed by atoms with E-state index in [1.165, 1.54) is 23.9 Å². The molecule has 39 heavy (non-hydrogen) atoms. The number of carbonyl (C=O) groups is 1. The van der Waals surface area contributed by atoms with Crippen molar-refractivity contribution >= 4 is 50.9 Å². The maximum Gasteiger partial charge on any atom is 0.416 e. The van der Waals surface area contributed by atoms with Crippen molar-refractivity contribution in [3.8, 4) is 0 Å². The lowest BCUT2D eigenvalue weighted by molar-refractivity contribution is -0.138. The molecule has 1 aromatic heterocycles. The van der Waals surface area contributed by atoms with Gasteiger partial charge in [0.15, 0.2) is 5.17 Å². The summed E-state index contributed by atoms with van der Waals surface area (Å²) in [5.74, 6) is -0.492. The number of thioether (sulfide) groups is 1. The molecule has 3 aromatic rings. The van der Waals surface area contributed by atoms with Crippen molar-refractivity contribution in [1.82, 2.24) is 20.0 Å². The molecular formula is C27H27ClF3N5O2S. The number of amides is 1. The molecule has 3 heterocycles. The lowest BCUT2D eigenvalue weighted by Gasteiger charge is -2.40. The average Bonchev–Trinajstić information content (AvgIpc) is 3.48. The van der Waals surface area contributed by atoms with Gasteiger partial charge in [0.2, 0.25) is 0 Å². The molecule has 0 spiro atoms. The number of aromatic amines is 1. The summed E-state index contributed by atoms with van der Waals surface area (Å²) in [7, 11) is 3.81. The third-order valence-electron chi connectivity index (χ3n) is 6.97. The van der Waals surface area contributed by atoms with Crippen LogP contribution in [0.3, 0.4) is 0 Å². The fourth-order valence-electron chi connectivity index (χ4n) is 5.08. The van der Waals surface area contributed by atoms with Gasteiger partial charge in [-0.3, -0.25) is 9.89 Å². The Morgan fingerprint density at radius 2 is 1.95 bits per heavy atom. The molecule has 2 N–H and O–H groups in total. The number of aromatic nitrogens is 2. The summed E-state index contributed by atoms with van der Waals surface area (Å²) in [6, 6.07) is 9.03. The summed E-state index contributed by atoms with van der Waals surface area (Å²) in [6.07, 6.45) is -2.10. The third-order valence-corrected chi connectivity index (χ3v) is 8.36. The minimum absolute atomic E-state index is 0.00950. The lowest BCUT2D eigenvalue weighted by Crippen LogP contribution is -2.50. The average molecular weight is 578 g/mol. The highest BCUT2D eigenvalue weighted by Gasteiger charge is 2.38. The van der Waals surface area contributed by atoms with Crippen LogP contribution >= 0.6 is 23.4 Å². The van der Waals surface area contributed by atoms with Crippen LogP contribution in [0.4, 0.5) is 13.2 Å². The summed E-state index contributed by atoms with van der Waals surface area (Å²) >= 11 is 7.08. The number of H-pyrrole nitrogens is 1. The number of halogens is 4. The van der Waals surface area contributed by atoms with Crippen molar-refractivity contribution in [1.29, 1.82) is 0 Å². The quantitative estimate of drug-likeness (QED) is 0.405. The molecule has 12 heteroatoms. The zero-order valence-corrected chi connectivity index (χ0v) is 22.9. The molecule has 206 valence electrons. The zero-order valence-electron chi connectivity index (χ0n) is 21.3. The fraction of sp³-hybridized carbons (Fsp3) is 0.370. The van der Waals surface area contributed by atoms with Crippen LogP contribution in [0.1, 0.15) is 29.5 Å². The number of nitrogens with zero attached hydrogens (tertiary/aromatic N) is 4. The number of alkyl halides is 3. The van der Waals surface area contributed by atoms with Crippen LogP contribution in [0.5, 0.6) is 0 Å². The van der Waals surface area contributed by atoms with Crippen LogP contribution < -0.4 is 0 Å². The second kappa shape index (κ2) is 10.6. The highest BCUT2D eigenvalue weighted by atomic mass is 35.5. The predicted octanol–water partition coefficient (Wildman–Crippen LogP) is 5.21. The smallest absolute Gasteiger partial charge is 0.388 e. The predicted molar refractivity (Wildman–Crippen MR) is 148 cm³/mol. The first kappa shape index (κ1) is 27.7. The summed E-state index contributed by atoms with van der Waals surface area (Å²) < 4.78 is 41.8. The Labute approximate surface area is 232 Å². The van der Waals surface area contributed by atoms with Crippen LogP contribution in [0, 0.1) is 0 Å². The molecule has 0 aliphatic carbocycles. The number of piperidine rings is 1. The number of amidine groups is 1. The van der Waals surface area contributed by atoms with Gasteiger partial charge in [0.25, 0.3) is 5.91 Å². The molecule has 5 rings (SSSR count). The third kappa shape index (κ3) is 6.01. The normalized spacial score (nSPS) is 19.2. The molecular weight excluding hydrogens is 551 g/mol.